The van der Waals surface area contributed by atoms with Crippen LogP contribution >= 0.6 is 23.6 Å². The van der Waals surface area contributed by atoms with Crippen molar-refractivity contribution < 1.29 is 4.90 Å². The molecule has 3 heterocycles. The van der Waals surface area contributed by atoms with Gasteiger partial charge >= 0.3 is 0 Å². The molecule has 6 heteroatoms. The van der Waals surface area contributed by atoms with Crippen molar-refractivity contribution in [3.05, 3.63) is 32.5 Å². The Morgan fingerprint density at radius 3 is 3.00 bits per heavy atom. The van der Waals surface area contributed by atoms with Crippen LogP contribution in [0.2, 0.25) is 0 Å². The van der Waals surface area contributed by atoms with Crippen LogP contribution in [0.1, 0.15) is 54.4 Å². The van der Waals surface area contributed by atoms with E-state index in [4.69, 9.17) is 17.3 Å². The zero-order chi connectivity index (χ0) is 15.3. The highest BCUT2D eigenvalue weighted by molar-refractivity contribution is 7.71. The van der Waals surface area contributed by atoms with Gasteiger partial charge in [0.2, 0.25) is 4.77 Å². The molecule has 1 aliphatic heterocycles. The van der Waals surface area contributed by atoms with Crippen molar-refractivity contribution in [2.24, 2.45) is 7.05 Å². The van der Waals surface area contributed by atoms with E-state index in [1.807, 2.05) is 11.3 Å². The lowest BCUT2D eigenvalue weighted by Gasteiger charge is -2.31. The number of nitrogens with zero attached hydrogens (tertiary/aromatic N) is 3. The van der Waals surface area contributed by atoms with Gasteiger partial charge in [-0.25, -0.2) is 0 Å². The summed E-state index contributed by atoms with van der Waals surface area (Å²) in [4.78, 5) is 3.18. The van der Waals surface area contributed by atoms with Gasteiger partial charge in [0.25, 0.3) is 0 Å². The average molecular weight is 336 g/mol. The summed E-state index contributed by atoms with van der Waals surface area (Å²) in [7, 11) is 2.07. The quantitative estimate of drug-likeness (QED) is 0.869. The molecule has 0 amide bonds. The first-order valence-corrected chi connectivity index (χ1v) is 9.52. The Labute approximate surface area is 140 Å². The molecule has 1 N–H and O–H groups in total. The highest BCUT2D eigenvalue weighted by Crippen LogP contribution is 2.38. The molecule has 0 aromatic carbocycles. The maximum Gasteiger partial charge on any atom is 0.202 e. The zero-order valence-corrected chi connectivity index (χ0v) is 14.8. The van der Waals surface area contributed by atoms with Gasteiger partial charge in [-0.15, -0.1) is 11.3 Å². The van der Waals surface area contributed by atoms with Crippen molar-refractivity contribution in [3.8, 4) is 0 Å². The molecule has 118 valence electrons. The molecular formula is C16H23N4S2+. The second-order valence-corrected chi connectivity index (χ2v) is 7.92. The summed E-state index contributed by atoms with van der Waals surface area (Å²) in [5.41, 5.74) is 1.55. The summed E-state index contributed by atoms with van der Waals surface area (Å²) >= 11 is 7.53. The van der Waals surface area contributed by atoms with Crippen LogP contribution in [-0.4, -0.2) is 20.9 Å². The third kappa shape index (κ3) is 2.37. The molecule has 22 heavy (non-hydrogen) atoms. The lowest BCUT2D eigenvalue weighted by atomic mass is 9.98. The number of quaternary nitrogens is 1. The lowest BCUT2D eigenvalue weighted by Crippen LogP contribution is -3.12. The minimum absolute atomic E-state index is 0.586. The minimum Gasteiger partial charge on any atom is -0.310 e. The van der Waals surface area contributed by atoms with Crippen LogP contribution in [0.15, 0.2) is 11.4 Å². The van der Waals surface area contributed by atoms with E-state index in [1.54, 1.807) is 15.3 Å². The Balaban J connectivity index is 1.61. The fraction of sp³-hybridized carbons (Fsp3) is 0.625. The molecule has 4 nitrogen and oxygen atoms in total. The number of hydrogen-bond acceptors (Lipinski definition) is 3. The van der Waals surface area contributed by atoms with Crippen molar-refractivity contribution >= 4 is 23.6 Å². The first-order chi connectivity index (χ1) is 10.7. The third-order valence-electron chi connectivity index (χ3n) is 5.10. The molecule has 1 aliphatic carbocycles. The van der Waals surface area contributed by atoms with Gasteiger partial charge in [-0.3, -0.25) is 0 Å². The van der Waals surface area contributed by atoms with Crippen molar-refractivity contribution in [3.63, 3.8) is 0 Å². The Bertz CT molecular complexity index is 738. The number of thiophene rings is 1. The van der Waals surface area contributed by atoms with Gasteiger partial charge in [-0.2, -0.15) is 9.78 Å². The van der Waals surface area contributed by atoms with Crippen molar-refractivity contribution in [2.45, 2.75) is 51.2 Å². The molecule has 2 aromatic rings. The summed E-state index contributed by atoms with van der Waals surface area (Å²) in [6.45, 7) is 4.38. The van der Waals surface area contributed by atoms with Crippen LogP contribution in [0.3, 0.4) is 0 Å². The van der Waals surface area contributed by atoms with Crippen molar-refractivity contribution in [1.29, 1.82) is 0 Å². The molecular weight excluding hydrogens is 312 g/mol. The highest BCUT2D eigenvalue weighted by atomic mass is 32.1. The van der Waals surface area contributed by atoms with Gasteiger partial charge in [0.15, 0.2) is 6.67 Å². The average Bonchev–Trinajstić information content (AvgIpc) is 3.19. The Kier molecular flexibility index (Phi) is 3.71. The van der Waals surface area contributed by atoms with Crippen LogP contribution in [0.4, 0.5) is 0 Å². The molecule has 2 atom stereocenters. The Morgan fingerprint density at radius 2 is 2.27 bits per heavy atom. The summed E-state index contributed by atoms with van der Waals surface area (Å²) < 4.78 is 5.06. The number of nitrogens with one attached hydrogen (secondary N) is 1. The van der Waals surface area contributed by atoms with Crippen molar-refractivity contribution in [1.82, 2.24) is 14.3 Å². The molecule has 0 spiro atoms. The maximum atomic E-state index is 5.62. The lowest BCUT2D eigenvalue weighted by molar-refractivity contribution is -0.956. The summed E-state index contributed by atoms with van der Waals surface area (Å²) in [6.07, 6.45) is 4.90. The standard InChI is InChI=1S/C16H22N4S2/c1-3-13-12-7-9-22-14(12)6-8-19(13)10-20-16(21)18(2)15(17-20)11-4-5-11/h7,9,11,13H,3-6,8,10H2,1-2H3/p+1/t13-/m1/s1. The Hall–Kier alpha value is -0.980. The second-order valence-electron chi connectivity index (χ2n) is 6.55. The fourth-order valence-electron chi connectivity index (χ4n) is 3.73. The van der Waals surface area contributed by atoms with Gasteiger partial charge in [0.1, 0.15) is 11.9 Å². The second kappa shape index (κ2) is 5.58. The number of hydrogen-bond donors (Lipinski definition) is 1. The molecule has 1 unspecified atom stereocenters. The summed E-state index contributed by atoms with van der Waals surface area (Å²) in [5, 5.41) is 7.08. The molecule has 0 radical (unpaired) electrons. The van der Waals surface area contributed by atoms with Crippen molar-refractivity contribution in [2.75, 3.05) is 6.54 Å². The molecule has 0 saturated heterocycles. The largest absolute Gasteiger partial charge is 0.310 e. The van der Waals surface area contributed by atoms with Gasteiger partial charge < -0.3 is 9.47 Å². The smallest absolute Gasteiger partial charge is 0.202 e. The van der Waals surface area contributed by atoms with Gasteiger partial charge in [0.05, 0.1) is 6.54 Å². The monoisotopic (exact) mass is 335 g/mol. The van der Waals surface area contributed by atoms with Crippen LogP contribution in [0, 0.1) is 4.77 Å². The van der Waals surface area contributed by atoms with E-state index in [0.717, 1.165) is 11.4 Å². The number of fused-ring (bicyclic) bond motifs is 1. The van der Waals surface area contributed by atoms with Crippen LogP contribution < -0.4 is 4.90 Å². The zero-order valence-electron chi connectivity index (χ0n) is 13.2. The fourth-order valence-corrected chi connectivity index (χ4v) is 4.87. The molecule has 0 bridgehead atoms. The third-order valence-corrected chi connectivity index (χ3v) is 6.58. The normalized spacial score (nSPS) is 24.5. The van der Waals surface area contributed by atoms with Gasteiger partial charge in [0, 0.05) is 36.2 Å². The van der Waals surface area contributed by atoms with E-state index < -0.39 is 0 Å². The highest BCUT2D eigenvalue weighted by Gasteiger charge is 2.33. The molecule has 1 saturated carbocycles. The van der Waals surface area contributed by atoms with Crippen LogP contribution in [0.5, 0.6) is 0 Å². The maximum absolute atomic E-state index is 5.62. The van der Waals surface area contributed by atoms with E-state index in [9.17, 15) is 0 Å². The number of rotatable bonds is 4. The SMILES string of the molecule is CC[C@@H]1c2ccsc2CC[NH+]1Cn1nc(C2CC2)n(C)c1=S. The number of aromatic nitrogens is 3. The van der Waals surface area contributed by atoms with E-state index >= 15 is 0 Å². The summed E-state index contributed by atoms with van der Waals surface area (Å²) in [5.74, 6) is 1.83. The van der Waals surface area contributed by atoms with Gasteiger partial charge in [-0.1, -0.05) is 6.92 Å². The topological polar surface area (TPSA) is 27.2 Å². The van der Waals surface area contributed by atoms with E-state index in [2.05, 4.69) is 34.7 Å². The predicted octanol–water partition coefficient (Wildman–Crippen LogP) is 2.44. The van der Waals surface area contributed by atoms with E-state index in [1.165, 1.54) is 38.1 Å². The molecule has 1 fully saturated rings. The molecule has 4 rings (SSSR count). The van der Waals surface area contributed by atoms with Crippen LogP contribution in [-0.2, 0) is 20.1 Å². The molecule has 2 aromatic heterocycles. The minimum atomic E-state index is 0.586. The molecule has 2 aliphatic rings. The predicted molar refractivity (Wildman–Crippen MR) is 90.9 cm³/mol. The van der Waals surface area contributed by atoms with E-state index in [-0.39, 0.29) is 0 Å². The van der Waals surface area contributed by atoms with Gasteiger partial charge in [-0.05, 0) is 36.5 Å². The van der Waals surface area contributed by atoms with Crippen LogP contribution in [0.25, 0.3) is 0 Å². The Morgan fingerprint density at radius 1 is 1.45 bits per heavy atom. The first-order valence-electron chi connectivity index (χ1n) is 8.23. The first kappa shape index (κ1) is 14.6. The van der Waals surface area contributed by atoms with E-state index in [0.29, 0.717) is 12.0 Å². The summed E-state index contributed by atoms with van der Waals surface area (Å²) in [6, 6.07) is 2.91.